The third-order valence-electron chi connectivity index (χ3n) is 6.15. The van der Waals surface area contributed by atoms with Crippen LogP contribution in [-0.2, 0) is 12.8 Å². The topological polar surface area (TPSA) is 41.4 Å². The summed E-state index contributed by atoms with van der Waals surface area (Å²) >= 11 is 0. The van der Waals surface area contributed by atoms with Gasteiger partial charge in [-0.1, -0.05) is 0 Å². The van der Waals surface area contributed by atoms with E-state index in [1.165, 1.54) is 28.9 Å². The zero-order chi connectivity index (χ0) is 19.5. The van der Waals surface area contributed by atoms with Gasteiger partial charge in [0.25, 0.3) is 5.92 Å². The lowest BCUT2D eigenvalue weighted by Crippen LogP contribution is -2.44. The number of benzene rings is 1. The van der Waals surface area contributed by atoms with Crippen molar-refractivity contribution in [1.29, 1.82) is 0 Å². The van der Waals surface area contributed by atoms with E-state index >= 15 is 0 Å². The van der Waals surface area contributed by atoms with E-state index in [-0.39, 0.29) is 17.8 Å². The number of aromatic nitrogens is 2. The van der Waals surface area contributed by atoms with Crippen molar-refractivity contribution < 1.29 is 18.0 Å². The van der Waals surface area contributed by atoms with Gasteiger partial charge in [-0.05, 0) is 37.1 Å². The number of halogens is 3. The Bertz CT molecular complexity index is 916. The summed E-state index contributed by atoms with van der Waals surface area (Å²) in [6.07, 6.45) is 0.860. The standard InChI is InChI=1S/C20H21F3N4O/c21-14-3-1-13(2-4-14)18-16-11-20(22,23)12-17(16)27(24-18)19(28)26-10-9-25-7-5-15(26)6-8-25/h1-4,15H,5-12H2. The van der Waals surface area contributed by atoms with Crippen LogP contribution in [0.2, 0.25) is 0 Å². The quantitative estimate of drug-likeness (QED) is 0.751. The Labute approximate surface area is 160 Å². The highest BCUT2D eigenvalue weighted by Gasteiger charge is 2.44. The second kappa shape index (κ2) is 6.34. The minimum atomic E-state index is -2.90. The van der Waals surface area contributed by atoms with Gasteiger partial charge in [-0.15, -0.1) is 0 Å². The summed E-state index contributed by atoms with van der Waals surface area (Å²) in [7, 11) is 0. The van der Waals surface area contributed by atoms with E-state index in [1.54, 1.807) is 4.90 Å². The molecule has 1 aromatic carbocycles. The Kier molecular flexibility index (Phi) is 4.01. The first-order chi connectivity index (χ1) is 13.4. The molecule has 2 aromatic rings. The number of carbonyl (C=O) groups is 1. The Balaban J connectivity index is 1.55. The molecule has 0 atom stereocenters. The molecule has 3 aliphatic heterocycles. The molecule has 0 unspecified atom stereocenters. The number of rotatable bonds is 1. The predicted octanol–water partition coefficient (Wildman–Crippen LogP) is 3.17. The van der Waals surface area contributed by atoms with Gasteiger partial charge >= 0.3 is 6.03 Å². The second-order valence-electron chi connectivity index (χ2n) is 7.95. The number of carbonyl (C=O) groups excluding carboxylic acids is 1. The average Bonchev–Trinajstić information content (AvgIpc) is 2.98. The van der Waals surface area contributed by atoms with Crippen LogP contribution in [0.25, 0.3) is 11.3 Å². The van der Waals surface area contributed by atoms with Gasteiger partial charge in [0.1, 0.15) is 5.82 Å². The molecule has 148 valence electrons. The molecule has 1 amide bonds. The van der Waals surface area contributed by atoms with Crippen LogP contribution in [0.1, 0.15) is 24.1 Å². The fourth-order valence-electron chi connectivity index (χ4n) is 4.68. The van der Waals surface area contributed by atoms with Crippen LogP contribution in [0.15, 0.2) is 24.3 Å². The van der Waals surface area contributed by atoms with Crippen LogP contribution in [-0.4, -0.2) is 63.8 Å². The van der Waals surface area contributed by atoms with Gasteiger partial charge < -0.3 is 9.80 Å². The van der Waals surface area contributed by atoms with Gasteiger partial charge in [-0.2, -0.15) is 9.78 Å². The van der Waals surface area contributed by atoms with Crippen LogP contribution in [0.5, 0.6) is 0 Å². The van der Waals surface area contributed by atoms with Gasteiger partial charge in [-0.3, -0.25) is 0 Å². The molecule has 0 N–H and O–H groups in total. The third-order valence-corrected chi connectivity index (χ3v) is 6.15. The summed E-state index contributed by atoms with van der Waals surface area (Å²) in [6.45, 7) is 3.31. The molecule has 0 spiro atoms. The van der Waals surface area contributed by atoms with E-state index < -0.39 is 24.6 Å². The van der Waals surface area contributed by atoms with E-state index in [1.807, 2.05) is 0 Å². The normalized spacial score (nSPS) is 25.6. The van der Waals surface area contributed by atoms with Crippen molar-refractivity contribution in [1.82, 2.24) is 19.6 Å². The van der Waals surface area contributed by atoms with E-state index in [0.29, 0.717) is 23.4 Å². The maximum absolute atomic E-state index is 14.2. The maximum atomic E-state index is 14.2. The Hall–Kier alpha value is -2.35. The summed E-state index contributed by atoms with van der Waals surface area (Å²) in [5, 5.41) is 4.44. The maximum Gasteiger partial charge on any atom is 0.345 e. The number of fused-ring (bicyclic) bond motifs is 5. The minimum absolute atomic E-state index is 0.127. The number of alkyl halides is 2. The number of hydrogen-bond acceptors (Lipinski definition) is 3. The van der Waals surface area contributed by atoms with Crippen molar-refractivity contribution in [2.24, 2.45) is 0 Å². The third kappa shape index (κ3) is 2.90. The van der Waals surface area contributed by atoms with Gasteiger partial charge in [0.05, 0.1) is 17.8 Å². The molecule has 3 saturated heterocycles. The van der Waals surface area contributed by atoms with Crippen molar-refractivity contribution in [3.05, 3.63) is 41.3 Å². The fraction of sp³-hybridized carbons (Fsp3) is 0.500. The molecule has 28 heavy (non-hydrogen) atoms. The first-order valence-electron chi connectivity index (χ1n) is 9.69. The highest BCUT2D eigenvalue weighted by molar-refractivity contribution is 5.80. The first kappa shape index (κ1) is 17.7. The van der Waals surface area contributed by atoms with Crippen LogP contribution >= 0.6 is 0 Å². The first-order valence-corrected chi connectivity index (χ1v) is 9.69. The number of hydrogen-bond donors (Lipinski definition) is 0. The minimum Gasteiger partial charge on any atom is -0.318 e. The highest BCUT2D eigenvalue weighted by Crippen LogP contribution is 2.40. The van der Waals surface area contributed by atoms with Gasteiger partial charge in [-0.25, -0.2) is 18.0 Å². The van der Waals surface area contributed by atoms with E-state index in [2.05, 4.69) is 10.00 Å². The van der Waals surface area contributed by atoms with Crippen LogP contribution in [0.4, 0.5) is 18.0 Å². The van der Waals surface area contributed by atoms with Crippen molar-refractivity contribution in [3.63, 3.8) is 0 Å². The van der Waals surface area contributed by atoms with Crippen LogP contribution < -0.4 is 0 Å². The zero-order valence-corrected chi connectivity index (χ0v) is 15.4. The Morgan fingerprint density at radius 3 is 2.46 bits per heavy atom. The molecule has 3 fully saturated rings. The summed E-state index contributed by atoms with van der Waals surface area (Å²) in [5.41, 5.74) is 1.58. The summed E-state index contributed by atoms with van der Waals surface area (Å²) in [6, 6.07) is 5.39. The van der Waals surface area contributed by atoms with Gasteiger partial charge in [0.2, 0.25) is 0 Å². The number of amides is 1. The van der Waals surface area contributed by atoms with E-state index in [9.17, 15) is 18.0 Å². The van der Waals surface area contributed by atoms with Crippen molar-refractivity contribution in [2.45, 2.75) is 37.6 Å². The van der Waals surface area contributed by atoms with E-state index in [4.69, 9.17) is 0 Å². The molecular weight excluding hydrogens is 369 g/mol. The molecule has 1 aliphatic carbocycles. The summed E-state index contributed by atoms with van der Waals surface area (Å²) < 4.78 is 42.9. The molecule has 0 saturated carbocycles. The van der Waals surface area contributed by atoms with Crippen molar-refractivity contribution in [3.8, 4) is 11.3 Å². The molecule has 5 nitrogen and oxygen atoms in total. The molecule has 0 radical (unpaired) electrons. The molecule has 6 rings (SSSR count). The van der Waals surface area contributed by atoms with Crippen LogP contribution in [0.3, 0.4) is 0 Å². The molecule has 4 heterocycles. The van der Waals surface area contributed by atoms with Crippen molar-refractivity contribution >= 4 is 6.03 Å². The summed E-state index contributed by atoms with van der Waals surface area (Å²) in [5.74, 6) is -3.30. The molecular formula is C20H21F3N4O. The van der Waals surface area contributed by atoms with Crippen LogP contribution in [0, 0.1) is 5.82 Å². The summed E-state index contributed by atoms with van der Waals surface area (Å²) in [4.78, 5) is 17.4. The fourth-order valence-corrected chi connectivity index (χ4v) is 4.68. The highest BCUT2D eigenvalue weighted by atomic mass is 19.3. The molecule has 4 aliphatic rings. The molecule has 8 heteroatoms. The smallest absolute Gasteiger partial charge is 0.318 e. The number of piperidine rings is 1. The van der Waals surface area contributed by atoms with Gasteiger partial charge in [0.15, 0.2) is 0 Å². The number of nitrogens with zero attached hydrogens (tertiary/aromatic N) is 4. The lowest BCUT2D eigenvalue weighted by molar-refractivity contribution is 0.0117. The second-order valence-corrected chi connectivity index (χ2v) is 7.95. The zero-order valence-electron chi connectivity index (χ0n) is 15.4. The lowest BCUT2D eigenvalue weighted by atomic mass is 10.1. The molecule has 2 bridgehead atoms. The van der Waals surface area contributed by atoms with E-state index in [0.717, 1.165) is 32.5 Å². The SMILES string of the molecule is O=C(N1CCN2CCC1CC2)n1nc(-c2ccc(F)cc2)c2c1CC(F)(F)C2. The molecule has 1 aromatic heterocycles. The van der Waals surface area contributed by atoms with Gasteiger partial charge in [0, 0.05) is 49.8 Å². The predicted molar refractivity (Wildman–Crippen MR) is 96.9 cm³/mol. The largest absolute Gasteiger partial charge is 0.345 e. The lowest BCUT2D eigenvalue weighted by Gasteiger charge is -2.31. The van der Waals surface area contributed by atoms with Crippen molar-refractivity contribution in [2.75, 3.05) is 26.2 Å². The Morgan fingerprint density at radius 2 is 1.75 bits per heavy atom. The average molecular weight is 390 g/mol. The monoisotopic (exact) mass is 390 g/mol. The Morgan fingerprint density at radius 1 is 1.04 bits per heavy atom.